The summed E-state index contributed by atoms with van der Waals surface area (Å²) < 4.78 is 0. The van der Waals surface area contributed by atoms with E-state index in [1.165, 1.54) is 0 Å². The van der Waals surface area contributed by atoms with Crippen LogP contribution < -0.4 is 5.32 Å². The van der Waals surface area contributed by atoms with Gasteiger partial charge in [0.25, 0.3) is 5.91 Å². The average Bonchev–Trinajstić information content (AvgIpc) is 2.53. The van der Waals surface area contributed by atoms with Gasteiger partial charge >= 0.3 is 0 Å². The van der Waals surface area contributed by atoms with Crippen LogP contribution in [0.1, 0.15) is 15.9 Å². The number of amides is 1. The van der Waals surface area contributed by atoms with Gasteiger partial charge in [-0.15, -0.1) is 11.8 Å². The highest BCUT2D eigenvalue weighted by atomic mass is 35.5. The highest BCUT2D eigenvalue weighted by Crippen LogP contribution is 2.19. The second-order valence-corrected chi connectivity index (χ2v) is 6.36. The first-order valence-corrected chi connectivity index (χ1v) is 8.20. The van der Waals surface area contributed by atoms with Gasteiger partial charge in [0.15, 0.2) is 0 Å². The first-order chi connectivity index (χ1) is 10.6. The molecule has 5 heteroatoms. The second kappa shape index (κ2) is 8.01. The Bertz CT molecular complexity index is 653. The van der Waals surface area contributed by atoms with Gasteiger partial charge in [-0.05, 0) is 31.2 Å². The number of thioether (sulfide) groups is 1. The van der Waals surface area contributed by atoms with Gasteiger partial charge in [-0.1, -0.05) is 41.4 Å². The van der Waals surface area contributed by atoms with E-state index in [9.17, 15) is 9.59 Å². The zero-order valence-corrected chi connectivity index (χ0v) is 13.7. The van der Waals surface area contributed by atoms with Crippen molar-refractivity contribution in [1.82, 2.24) is 5.32 Å². The van der Waals surface area contributed by atoms with Crippen LogP contribution in [0, 0.1) is 6.92 Å². The summed E-state index contributed by atoms with van der Waals surface area (Å²) >= 11 is 7.41. The summed E-state index contributed by atoms with van der Waals surface area (Å²) in [6.45, 7) is 2.37. The van der Waals surface area contributed by atoms with E-state index in [2.05, 4.69) is 5.32 Å². The lowest BCUT2D eigenvalue weighted by Crippen LogP contribution is -2.32. The minimum absolute atomic E-state index is 0.411. The molecule has 1 N–H and O–H groups in total. The SMILES string of the molecule is Cc1ccc(C(=O)C(=O)NCCSc2ccc(Cl)cc2)cc1. The number of ketones is 1. The first kappa shape index (κ1) is 16.6. The average molecular weight is 334 g/mol. The molecule has 0 bridgehead atoms. The fourth-order valence-electron chi connectivity index (χ4n) is 1.78. The summed E-state index contributed by atoms with van der Waals surface area (Å²) in [5, 5.41) is 3.34. The fraction of sp³-hybridized carbons (Fsp3) is 0.176. The molecule has 0 aliphatic rings. The number of hydrogen-bond donors (Lipinski definition) is 1. The molecule has 0 saturated heterocycles. The maximum atomic E-state index is 11.9. The lowest BCUT2D eigenvalue weighted by atomic mass is 10.1. The van der Waals surface area contributed by atoms with Gasteiger partial charge in [-0.25, -0.2) is 0 Å². The molecular weight excluding hydrogens is 318 g/mol. The Morgan fingerprint density at radius 2 is 1.68 bits per heavy atom. The maximum absolute atomic E-state index is 11.9. The van der Waals surface area contributed by atoms with Gasteiger partial charge in [0.2, 0.25) is 5.78 Å². The maximum Gasteiger partial charge on any atom is 0.292 e. The van der Waals surface area contributed by atoms with Gasteiger partial charge < -0.3 is 5.32 Å². The van der Waals surface area contributed by atoms with E-state index in [1.807, 2.05) is 43.3 Å². The van der Waals surface area contributed by atoms with Crippen LogP contribution in [0.2, 0.25) is 5.02 Å². The summed E-state index contributed by atoms with van der Waals surface area (Å²) in [4.78, 5) is 24.8. The van der Waals surface area contributed by atoms with Crippen molar-refractivity contribution in [1.29, 1.82) is 0 Å². The Balaban J connectivity index is 1.76. The third-order valence-electron chi connectivity index (χ3n) is 2.99. The molecule has 0 unspecified atom stereocenters. The van der Waals surface area contributed by atoms with Crippen LogP contribution in [0.15, 0.2) is 53.4 Å². The summed E-state index contributed by atoms with van der Waals surface area (Å²) in [5.74, 6) is -0.383. The van der Waals surface area contributed by atoms with Gasteiger partial charge in [0.1, 0.15) is 0 Å². The number of aryl methyl sites for hydroxylation is 1. The van der Waals surface area contributed by atoms with E-state index in [-0.39, 0.29) is 0 Å². The second-order valence-electron chi connectivity index (χ2n) is 4.75. The number of Topliss-reactive ketones (excluding diaryl/α,β-unsaturated/α-hetero) is 1. The number of hydrogen-bond acceptors (Lipinski definition) is 3. The third-order valence-corrected chi connectivity index (χ3v) is 4.26. The van der Waals surface area contributed by atoms with Crippen LogP contribution in [0.5, 0.6) is 0 Å². The molecule has 0 saturated carbocycles. The van der Waals surface area contributed by atoms with E-state index < -0.39 is 11.7 Å². The third kappa shape index (κ3) is 4.90. The molecule has 2 aromatic rings. The van der Waals surface area contributed by atoms with Crippen molar-refractivity contribution in [3.8, 4) is 0 Å². The molecule has 0 aliphatic carbocycles. The van der Waals surface area contributed by atoms with Crippen LogP contribution in [0.3, 0.4) is 0 Å². The molecule has 0 atom stereocenters. The van der Waals surface area contributed by atoms with Crippen molar-refractivity contribution in [3.63, 3.8) is 0 Å². The quantitative estimate of drug-likeness (QED) is 0.379. The van der Waals surface area contributed by atoms with E-state index in [4.69, 9.17) is 11.6 Å². The molecule has 3 nitrogen and oxygen atoms in total. The topological polar surface area (TPSA) is 46.2 Å². The van der Waals surface area contributed by atoms with Crippen molar-refractivity contribution in [2.75, 3.05) is 12.3 Å². The van der Waals surface area contributed by atoms with E-state index in [0.29, 0.717) is 22.9 Å². The standard InChI is InChI=1S/C17H16ClNO2S/c1-12-2-4-13(5-3-12)16(20)17(21)19-10-11-22-15-8-6-14(18)7-9-15/h2-9H,10-11H2,1H3,(H,19,21). The van der Waals surface area contributed by atoms with Gasteiger partial charge in [0, 0.05) is 27.8 Å². The van der Waals surface area contributed by atoms with Gasteiger partial charge in [-0.2, -0.15) is 0 Å². The van der Waals surface area contributed by atoms with Crippen LogP contribution in [0.4, 0.5) is 0 Å². The lowest BCUT2D eigenvalue weighted by Gasteiger charge is -2.05. The fourth-order valence-corrected chi connectivity index (χ4v) is 2.67. The number of carbonyl (C=O) groups is 2. The summed E-state index contributed by atoms with van der Waals surface area (Å²) in [6.07, 6.45) is 0. The first-order valence-electron chi connectivity index (χ1n) is 6.84. The Kier molecular flexibility index (Phi) is 6.04. The molecule has 114 valence electrons. The van der Waals surface area contributed by atoms with Crippen LogP contribution in [-0.2, 0) is 4.79 Å². The van der Waals surface area contributed by atoms with Gasteiger partial charge in [0.05, 0.1) is 0 Å². The number of halogens is 1. The molecule has 0 spiro atoms. The summed E-state index contributed by atoms with van der Waals surface area (Å²) in [6, 6.07) is 14.5. The van der Waals surface area contributed by atoms with Crippen LogP contribution in [-0.4, -0.2) is 24.0 Å². The van der Waals surface area contributed by atoms with Crippen LogP contribution in [0.25, 0.3) is 0 Å². The van der Waals surface area contributed by atoms with E-state index >= 15 is 0 Å². The highest BCUT2D eigenvalue weighted by molar-refractivity contribution is 7.99. The zero-order chi connectivity index (χ0) is 15.9. The normalized spacial score (nSPS) is 10.3. The molecule has 1 amide bonds. The Labute approximate surface area is 139 Å². The smallest absolute Gasteiger partial charge is 0.292 e. The molecule has 0 aliphatic heterocycles. The van der Waals surface area contributed by atoms with Crippen molar-refractivity contribution >= 4 is 35.1 Å². The van der Waals surface area contributed by atoms with Crippen LogP contribution >= 0.6 is 23.4 Å². The predicted octanol–water partition coefficient (Wildman–Crippen LogP) is 3.74. The zero-order valence-electron chi connectivity index (χ0n) is 12.1. The molecule has 2 aromatic carbocycles. The predicted molar refractivity (Wildman–Crippen MR) is 90.7 cm³/mol. The number of nitrogens with one attached hydrogen (secondary N) is 1. The molecule has 0 radical (unpaired) electrons. The summed E-state index contributed by atoms with van der Waals surface area (Å²) in [5.41, 5.74) is 1.46. The largest absolute Gasteiger partial charge is 0.348 e. The Hall–Kier alpha value is -1.78. The minimum atomic E-state index is -0.569. The molecule has 0 aromatic heterocycles. The van der Waals surface area contributed by atoms with Crippen molar-refractivity contribution in [2.45, 2.75) is 11.8 Å². The van der Waals surface area contributed by atoms with E-state index in [0.717, 1.165) is 10.5 Å². The van der Waals surface area contributed by atoms with E-state index in [1.54, 1.807) is 23.9 Å². The number of rotatable bonds is 6. The molecule has 2 rings (SSSR count). The Morgan fingerprint density at radius 1 is 1.05 bits per heavy atom. The van der Waals surface area contributed by atoms with Crippen molar-refractivity contribution in [2.24, 2.45) is 0 Å². The summed E-state index contributed by atoms with van der Waals surface area (Å²) in [7, 11) is 0. The number of benzene rings is 2. The molecule has 22 heavy (non-hydrogen) atoms. The van der Waals surface area contributed by atoms with Gasteiger partial charge in [-0.3, -0.25) is 9.59 Å². The Morgan fingerprint density at radius 3 is 2.32 bits per heavy atom. The lowest BCUT2D eigenvalue weighted by molar-refractivity contribution is -0.116. The van der Waals surface area contributed by atoms with Crippen molar-refractivity contribution in [3.05, 3.63) is 64.7 Å². The molecular formula is C17H16ClNO2S. The minimum Gasteiger partial charge on any atom is -0.348 e. The van der Waals surface area contributed by atoms with Crippen molar-refractivity contribution < 1.29 is 9.59 Å². The number of carbonyl (C=O) groups excluding carboxylic acids is 2. The molecule has 0 fully saturated rings. The molecule has 0 heterocycles. The highest BCUT2D eigenvalue weighted by Gasteiger charge is 2.14. The monoisotopic (exact) mass is 333 g/mol.